The molecule has 0 saturated carbocycles. The van der Waals surface area contributed by atoms with Crippen molar-refractivity contribution in [1.29, 1.82) is 0 Å². The van der Waals surface area contributed by atoms with Gasteiger partial charge in [-0.15, -0.1) is 10.2 Å². The number of carbonyl (C=O) groups excluding carboxylic acids is 1. The summed E-state index contributed by atoms with van der Waals surface area (Å²) in [5, 5.41) is 11.9. The van der Waals surface area contributed by atoms with Gasteiger partial charge in [0.05, 0.1) is 6.04 Å². The number of halogens is 1. The minimum absolute atomic E-state index is 0.0318. The van der Waals surface area contributed by atoms with Gasteiger partial charge in [-0.1, -0.05) is 31.5 Å². The van der Waals surface area contributed by atoms with Crippen molar-refractivity contribution in [3.63, 3.8) is 0 Å². The van der Waals surface area contributed by atoms with Crippen molar-refractivity contribution in [2.75, 3.05) is 31.5 Å². The summed E-state index contributed by atoms with van der Waals surface area (Å²) in [7, 11) is 0. The van der Waals surface area contributed by atoms with Crippen molar-refractivity contribution in [3.8, 4) is 0 Å². The molecule has 1 N–H and O–H groups in total. The second-order valence-corrected chi connectivity index (χ2v) is 8.06. The molecule has 7 nitrogen and oxygen atoms in total. The zero-order chi connectivity index (χ0) is 20.1. The highest BCUT2D eigenvalue weighted by atomic mass is 35.5. The Morgan fingerprint density at radius 3 is 2.79 bits per heavy atom. The van der Waals surface area contributed by atoms with E-state index in [9.17, 15) is 4.79 Å². The number of amides is 2. The summed E-state index contributed by atoms with van der Waals surface area (Å²) in [4.78, 5) is 16.7. The number of urea groups is 1. The van der Waals surface area contributed by atoms with Gasteiger partial charge in [-0.25, -0.2) is 4.79 Å². The Bertz CT molecular complexity index is 794. The Morgan fingerprint density at radius 1 is 1.21 bits per heavy atom. The summed E-state index contributed by atoms with van der Waals surface area (Å²) in [6.45, 7) is 9.32. The number of hydrogen-bond acceptors (Lipinski definition) is 5. The van der Waals surface area contributed by atoms with Gasteiger partial charge in [-0.2, -0.15) is 0 Å². The Labute approximate surface area is 171 Å². The van der Waals surface area contributed by atoms with Crippen LogP contribution in [0.25, 0.3) is 0 Å². The van der Waals surface area contributed by atoms with E-state index in [2.05, 4.69) is 41.2 Å². The van der Waals surface area contributed by atoms with Gasteiger partial charge in [0, 0.05) is 43.3 Å². The number of rotatable bonds is 5. The summed E-state index contributed by atoms with van der Waals surface area (Å²) in [5.74, 6) is 1.81. The Hall–Kier alpha value is -2.12. The fraction of sp³-hybridized carbons (Fsp3) is 0.550. The second-order valence-electron chi connectivity index (χ2n) is 7.63. The van der Waals surface area contributed by atoms with Gasteiger partial charge in [0.2, 0.25) is 11.8 Å². The minimum Gasteiger partial charge on any atom is -0.424 e. The number of nitrogens with zero attached hydrogens (tertiary/aromatic N) is 4. The van der Waals surface area contributed by atoms with E-state index in [0.29, 0.717) is 41.5 Å². The van der Waals surface area contributed by atoms with Crippen LogP contribution in [0.1, 0.15) is 45.0 Å². The molecule has 0 aliphatic carbocycles. The Morgan fingerprint density at radius 2 is 2.04 bits per heavy atom. The molecule has 1 aromatic heterocycles. The molecule has 2 aromatic rings. The standard InChI is InChI=1S/C20H28ClN5O2/c1-14(2)12-18-23-24-19(28-18)15(3)25-8-5-9-26(11-10-25)20(27)22-17-7-4-6-16(21)13-17/h4,6-7,13-15H,5,8-12H2,1-3H3,(H,22,27)/t15-/m0/s1. The predicted octanol–water partition coefficient (Wildman–Crippen LogP) is 4.22. The maximum atomic E-state index is 12.6. The van der Waals surface area contributed by atoms with Crippen LogP contribution in [-0.4, -0.2) is 52.2 Å². The van der Waals surface area contributed by atoms with Gasteiger partial charge < -0.3 is 14.6 Å². The van der Waals surface area contributed by atoms with Crippen molar-refractivity contribution in [3.05, 3.63) is 41.1 Å². The quantitative estimate of drug-likeness (QED) is 0.805. The molecule has 1 aliphatic heterocycles. The van der Waals surface area contributed by atoms with Gasteiger partial charge >= 0.3 is 6.03 Å². The molecule has 3 rings (SSSR count). The molecule has 0 bridgehead atoms. The number of anilines is 1. The molecular weight excluding hydrogens is 378 g/mol. The third-order valence-corrected chi connectivity index (χ3v) is 5.10. The molecule has 2 heterocycles. The van der Waals surface area contributed by atoms with Crippen molar-refractivity contribution in [2.45, 2.75) is 39.7 Å². The lowest BCUT2D eigenvalue weighted by atomic mass is 10.1. The van der Waals surface area contributed by atoms with Crippen LogP contribution in [0.3, 0.4) is 0 Å². The van der Waals surface area contributed by atoms with E-state index >= 15 is 0 Å². The topological polar surface area (TPSA) is 74.5 Å². The summed E-state index contributed by atoms with van der Waals surface area (Å²) in [5.41, 5.74) is 0.704. The van der Waals surface area contributed by atoms with Gasteiger partial charge in [0.25, 0.3) is 0 Å². The van der Waals surface area contributed by atoms with E-state index in [-0.39, 0.29) is 12.1 Å². The molecule has 1 fully saturated rings. The Kier molecular flexibility index (Phi) is 6.91. The first-order valence-corrected chi connectivity index (χ1v) is 10.2. The van der Waals surface area contributed by atoms with Crippen LogP contribution < -0.4 is 5.32 Å². The first-order valence-electron chi connectivity index (χ1n) is 9.80. The normalized spacial score (nSPS) is 16.8. The van der Waals surface area contributed by atoms with Crippen molar-refractivity contribution in [1.82, 2.24) is 20.0 Å². The number of carbonyl (C=O) groups is 1. The van der Waals surface area contributed by atoms with E-state index in [0.717, 1.165) is 25.9 Å². The number of aromatic nitrogens is 2. The lowest BCUT2D eigenvalue weighted by molar-refractivity contribution is 0.182. The van der Waals surface area contributed by atoms with E-state index in [1.807, 2.05) is 17.0 Å². The molecule has 0 unspecified atom stereocenters. The number of nitrogens with one attached hydrogen (secondary N) is 1. The van der Waals surface area contributed by atoms with Gasteiger partial charge in [0.1, 0.15) is 0 Å². The van der Waals surface area contributed by atoms with Crippen molar-refractivity contribution >= 4 is 23.3 Å². The lowest BCUT2D eigenvalue weighted by Crippen LogP contribution is -2.38. The summed E-state index contributed by atoms with van der Waals surface area (Å²) in [6.07, 6.45) is 1.68. The zero-order valence-electron chi connectivity index (χ0n) is 16.7. The van der Waals surface area contributed by atoms with Crippen molar-refractivity contribution in [2.24, 2.45) is 5.92 Å². The average Bonchev–Trinajstić information content (AvgIpc) is 2.95. The van der Waals surface area contributed by atoms with Gasteiger partial charge in [-0.05, 0) is 37.5 Å². The fourth-order valence-corrected chi connectivity index (χ4v) is 3.51. The smallest absolute Gasteiger partial charge is 0.321 e. The third kappa shape index (κ3) is 5.45. The minimum atomic E-state index is -0.103. The van der Waals surface area contributed by atoms with Crippen LogP contribution in [0, 0.1) is 5.92 Å². The molecule has 0 spiro atoms. The van der Waals surface area contributed by atoms with Crippen LogP contribution in [0.2, 0.25) is 5.02 Å². The number of hydrogen-bond donors (Lipinski definition) is 1. The van der Waals surface area contributed by atoms with Crippen LogP contribution in [0.15, 0.2) is 28.7 Å². The maximum absolute atomic E-state index is 12.6. The van der Waals surface area contributed by atoms with E-state index in [1.165, 1.54) is 0 Å². The number of benzene rings is 1. The fourth-order valence-electron chi connectivity index (χ4n) is 3.32. The van der Waals surface area contributed by atoms with Gasteiger partial charge in [-0.3, -0.25) is 4.90 Å². The second kappa shape index (κ2) is 9.39. The maximum Gasteiger partial charge on any atom is 0.321 e. The molecule has 1 aliphatic rings. The molecule has 152 valence electrons. The molecule has 0 radical (unpaired) electrons. The first-order chi connectivity index (χ1) is 13.4. The van der Waals surface area contributed by atoms with Crippen LogP contribution in [0.5, 0.6) is 0 Å². The summed E-state index contributed by atoms with van der Waals surface area (Å²) in [6, 6.07) is 7.11. The summed E-state index contributed by atoms with van der Waals surface area (Å²) >= 11 is 5.99. The monoisotopic (exact) mass is 405 g/mol. The van der Waals surface area contributed by atoms with Gasteiger partial charge in [0.15, 0.2) is 0 Å². The third-order valence-electron chi connectivity index (χ3n) is 4.86. The van der Waals surface area contributed by atoms with Crippen LogP contribution in [0.4, 0.5) is 10.5 Å². The molecule has 8 heteroatoms. The lowest BCUT2D eigenvalue weighted by Gasteiger charge is -2.25. The largest absolute Gasteiger partial charge is 0.424 e. The molecule has 28 heavy (non-hydrogen) atoms. The first kappa shape index (κ1) is 20.6. The average molecular weight is 406 g/mol. The van der Waals surface area contributed by atoms with Crippen LogP contribution in [-0.2, 0) is 6.42 Å². The zero-order valence-corrected chi connectivity index (χ0v) is 17.4. The molecular formula is C20H28ClN5O2. The predicted molar refractivity (Wildman–Crippen MR) is 109 cm³/mol. The highest BCUT2D eigenvalue weighted by molar-refractivity contribution is 6.30. The highest BCUT2D eigenvalue weighted by Crippen LogP contribution is 2.22. The molecule has 1 aromatic carbocycles. The van der Waals surface area contributed by atoms with Crippen LogP contribution >= 0.6 is 11.6 Å². The van der Waals surface area contributed by atoms with E-state index in [4.69, 9.17) is 16.0 Å². The Balaban J connectivity index is 1.56. The molecule has 1 atom stereocenters. The highest BCUT2D eigenvalue weighted by Gasteiger charge is 2.26. The van der Waals surface area contributed by atoms with Crippen molar-refractivity contribution < 1.29 is 9.21 Å². The molecule has 2 amide bonds. The van der Waals surface area contributed by atoms with E-state index in [1.54, 1.807) is 12.1 Å². The SMILES string of the molecule is CC(C)Cc1nnc([C@H](C)N2CCCN(C(=O)Nc3cccc(Cl)c3)CC2)o1. The molecule has 1 saturated heterocycles. The summed E-state index contributed by atoms with van der Waals surface area (Å²) < 4.78 is 5.85. The van der Waals surface area contributed by atoms with E-state index < -0.39 is 0 Å².